The molecule has 2 aromatic carbocycles. The standard InChI is InChI=1S/C18H15Cl2N3O3S/c1-11-3-2-4-13(7-11)25-10-17-22-23(18(27)26-17)9-16(24)21-12-5-6-14(19)15(20)8-12/h2-8H,9-10H2,1H3,(H,21,24). The summed E-state index contributed by atoms with van der Waals surface area (Å²) >= 11 is 16.9. The predicted molar refractivity (Wildman–Crippen MR) is 106 cm³/mol. The van der Waals surface area contributed by atoms with Gasteiger partial charge in [0.25, 0.3) is 10.7 Å². The van der Waals surface area contributed by atoms with Crippen molar-refractivity contribution < 1.29 is 13.9 Å². The van der Waals surface area contributed by atoms with Gasteiger partial charge in [-0.2, -0.15) is 0 Å². The number of nitrogens with zero attached hydrogens (tertiary/aromatic N) is 2. The lowest BCUT2D eigenvalue weighted by Crippen LogP contribution is -2.19. The van der Waals surface area contributed by atoms with Crippen LogP contribution in [0.2, 0.25) is 10.0 Å². The van der Waals surface area contributed by atoms with E-state index in [0.717, 1.165) is 5.56 Å². The number of rotatable bonds is 6. The van der Waals surface area contributed by atoms with Gasteiger partial charge in [-0.1, -0.05) is 35.3 Å². The van der Waals surface area contributed by atoms with Crippen molar-refractivity contribution in [3.8, 4) is 5.75 Å². The number of nitrogens with one attached hydrogen (secondary N) is 1. The highest BCUT2D eigenvalue weighted by atomic mass is 35.5. The van der Waals surface area contributed by atoms with Crippen molar-refractivity contribution in [1.29, 1.82) is 0 Å². The van der Waals surface area contributed by atoms with Gasteiger partial charge in [0.1, 0.15) is 12.3 Å². The second-order valence-corrected chi connectivity index (χ2v) is 6.87. The van der Waals surface area contributed by atoms with Crippen LogP contribution in [0.4, 0.5) is 5.69 Å². The Hall–Kier alpha value is -2.35. The summed E-state index contributed by atoms with van der Waals surface area (Å²) in [4.78, 5) is 12.3. The highest BCUT2D eigenvalue weighted by molar-refractivity contribution is 7.71. The first-order valence-corrected chi connectivity index (χ1v) is 9.08. The molecular weight excluding hydrogens is 409 g/mol. The van der Waals surface area contributed by atoms with E-state index >= 15 is 0 Å². The fourth-order valence-electron chi connectivity index (χ4n) is 2.27. The SMILES string of the molecule is Cc1cccc(OCc2nn(CC(=O)Nc3ccc(Cl)c(Cl)c3)c(=S)o2)c1. The molecule has 0 unspecified atom stereocenters. The molecule has 0 radical (unpaired) electrons. The summed E-state index contributed by atoms with van der Waals surface area (Å²) in [6.45, 7) is 1.97. The van der Waals surface area contributed by atoms with Gasteiger partial charge in [-0.3, -0.25) is 4.79 Å². The van der Waals surface area contributed by atoms with Crippen LogP contribution >= 0.6 is 35.4 Å². The first kappa shape index (κ1) is 19.4. The zero-order chi connectivity index (χ0) is 19.4. The molecule has 0 aliphatic carbocycles. The first-order chi connectivity index (χ1) is 12.9. The van der Waals surface area contributed by atoms with Crippen molar-refractivity contribution in [3.05, 3.63) is 68.8 Å². The van der Waals surface area contributed by atoms with Gasteiger partial charge >= 0.3 is 0 Å². The molecule has 0 atom stereocenters. The van der Waals surface area contributed by atoms with Gasteiger partial charge in [-0.15, -0.1) is 5.10 Å². The monoisotopic (exact) mass is 423 g/mol. The average Bonchev–Trinajstić information content (AvgIpc) is 2.96. The summed E-state index contributed by atoms with van der Waals surface area (Å²) in [5.74, 6) is 0.649. The second-order valence-electron chi connectivity index (χ2n) is 5.70. The van der Waals surface area contributed by atoms with Crippen LogP contribution in [0.1, 0.15) is 11.5 Å². The Morgan fingerprint density at radius 2 is 2.07 bits per heavy atom. The third-order valence-electron chi connectivity index (χ3n) is 3.50. The minimum absolute atomic E-state index is 0.0853. The fraction of sp³-hybridized carbons (Fsp3) is 0.167. The number of carbonyl (C=O) groups excluding carboxylic acids is 1. The van der Waals surface area contributed by atoms with Crippen LogP contribution in [-0.2, 0) is 17.9 Å². The Kier molecular flexibility index (Phi) is 6.15. The molecule has 1 aromatic heterocycles. The maximum atomic E-state index is 12.2. The largest absolute Gasteiger partial charge is 0.484 e. The Morgan fingerprint density at radius 1 is 1.26 bits per heavy atom. The number of amides is 1. The molecule has 0 aliphatic heterocycles. The van der Waals surface area contributed by atoms with Crippen molar-refractivity contribution in [3.63, 3.8) is 0 Å². The Bertz CT molecular complexity index is 1030. The number of hydrogen-bond donors (Lipinski definition) is 1. The van der Waals surface area contributed by atoms with E-state index in [-0.39, 0.29) is 29.8 Å². The Labute approximate surface area is 170 Å². The van der Waals surface area contributed by atoms with Gasteiger partial charge in [0.15, 0.2) is 6.61 Å². The zero-order valence-corrected chi connectivity index (χ0v) is 16.6. The highest BCUT2D eigenvalue weighted by Crippen LogP contribution is 2.25. The maximum Gasteiger partial charge on any atom is 0.287 e. The Balaban J connectivity index is 1.61. The molecule has 140 valence electrons. The second kappa shape index (κ2) is 8.56. The van der Waals surface area contributed by atoms with Gasteiger partial charge in [0, 0.05) is 5.69 Å². The van der Waals surface area contributed by atoms with E-state index in [1.165, 1.54) is 4.68 Å². The third-order valence-corrected chi connectivity index (χ3v) is 4.53. The molecule has 9 heteroatoms. The molecule has 0 fully saturated rings. The topological polar surface area (TPSA) is 69.3 Å². The fourth-order valence-corrected chi connectivity index (χ4v) is 2.77. The van der Waals surface area contributed by atoms with E-state index in [1.807, 2.05) is 31.2 Å². The van der Waals surface area contributed by atoms with Gasteiger partial charge in [-0.25, -0.2) is 4.68 Å². The van der Waals surface area contributed by atoms with E-state index in [1.54, 1.807) is 18.2 Å². The first-order valence-electron chi connectivity index (χ1n) is 7.92. The van der Waals surface area contributed by atoms with Crippen molar-refractivity contribution in [2.45, 2.75) is 20.1 Å². The molecular formula is C18H15Cl2N3O3S. The van der Waals surface area contributed by atoms with E-state index in [9.17, 15) is 4.79 Å². The molecule has 0 saturated heterocycles. The van der Waals surface area contributed by atoms with Crippen molar-refractivity contribution in [1.82, 2.24) is 9.78 Å². The molecule has 0 aliphatic rings. The summed E-state index contributed by atoms with van der Waals surface area (Å²) in [7, 11) is 0. The van der Waals surface area contributed by atoms with Gasteiger partial charge in [-0.05, 0) is 55.0 Å². The normalized spacial score (nSPS) is 10.6. The number of aryl methyl sites for hydroxylation is 1. The summed E-state index contributed by atoms with van der Waals surface area (Å²) in [6.07, 6.45) is 0. The molecule has 1 heterocycles. The molecule has 1 N–H and O–H groups in total. The lowest BCUT2D eigenvalue weighted by molar-refractivity contribution is -0.117. The number of carbonyl (C=O) groups is 1. The number of benzene rings is 2. The third kappa shape index (κ3) is 5.32. The molecule has 0 spiro atoms. The van der Waals surface area contributed by atoms with Crippen LogP contribution < -0.4 is 10.1 Å². The van der Waals surface area contributed by atoms with E-state index in [4.69, 9.17) is 44.6 Å². The van der Waals surface area contributed by atoms with Crippen LogP contribution in [0.25, 0.3) is 0 Å². The minimum Gasteiger partial charge on any atom is -0.484 e. The highest BCUT2D eigenvalue weighted by Gasteiger charge is 2.11. The van der Waals surface area contributed by atoms with Crippen LogP contribution in [-0.4, -0.2) is 15.7 Å². The number of anilines is 1. The van der Waals surface area contributed by atoms with Crippen molar-refractivity contribution in [2.24, 2.45) is 0 Å². The lowest BCUT2D eigenvalue weighted by atomic mass is 10.2. The summed E-state index contributed by atoms with van der Waals surface area (Å²) in [5, 5.41) is 7.63. The number of aromatic nitrogens is 2. The van der Waals surface area contributed by atoms with Gasteiger partial charge in [0.2, 0.25) is 5.91 Å². The van der Waals surface area contributed by atoms with Crippen LogP contribution in [0, 0.1) is 11.8 Å². The smallest absolute Gasteiger partial charge is 0.287 e. The summed E-state index contributed by atoms with van der Waals surface area (Å²) in [5.41, 5.74) is 1.60. The molecule has 1 amide bonds. The van der Waals surface area contributed by atoms with Crippen LogP contribution in [0.15, 0.2) is 46.9 Å². The molecule has 3 rings (SSSR count). The predicted octanol–water partition coefficient (Wildman–Crippen LogP) is 5.04. The maximum absolute atomic E-state index is 12.2. The van der Waals surface area contributed by atoms with E-state index < -0.39 is 0 Å². The number of halogens is 2. The minimum atomic E-state index is -0.330. The quantitative estimate of drug-likeness (QED) is 0.562. The zero-order valence-electron chi connectivity index (χ0n) is 14.2. The molecule has 0 bridgehead atoms. The molecule has 0 saturated carbocycles. The van der Waals surface area contributed by atoms with Gasteiger partial charge < -0.3 is 14.5 Å². The van der Waals surface area contributed by atoms with Gasteiger partial charge in [0.05, 0.1) is 10.0 Å². The summed E-state index contributed by atoms with van der Waals surface area (Å²) in [6, 6.07) is 12.4. The average molecular weight is 424 g/mol. The van der Waals surface area contributed by atoms with Crippen molar-refractivity contribution >= 4 is 47.0 Å². The van der Waals surface area contributed by atoms with E-state index in [2.05, 4.69) is 10.4 Å². The number of ether oxygens (including phenoxy) is 1. The van der Waals surface area contributed by atoms with Crippen molar-refractivity contribution in [2.75, 3.05) is 5.32 Å². The Morgan fingerprint density at radius 3 is 2.81 bits per heavy atom. The van der Waals surface area contributed by atoms with Crippen LogP contribution in [0.3, 0.4) is 0 Å². The number of hydrogen-bond acceptors (Lipinski definition) is 5. The molecule has 27 heavy (non-hydrogen) atoms. The summed E-state index contributed by atoms with van der Waals surface area (Å²) < 4.78 is 12.3. The molecule has 3 aromatic rings. The van der Waals surface area contributed by atoms with E-state index in [0.29, 0.717) is 21.5 Å². The van der Waals surface area contributed by atoms with Crippen LogP contribution in [0.5, 0.6) is 5.75 Å². The molecule has 6 nitrogen and oxygen atoms in total. The lowest BCUT2D eigenvalue weighted by Gasteiger charge is -2.06.